The highest BCUT2D eigenvalue weighted by molar-refractivity contribution is 7.97. The van der Waals surface area contributed by atoms with Crippen molar-refractivity contribution in [1.82, 2.24) is 0 Å². The van der Waals surface area contributed by atoms with Crippen molar-refractivity contribution in [3.8, 4) is 0 Å². The van der Waals surface area contributed by atoms with Crippen molar-refractivity contribution in [3.63, 3.8) is 0 Å². The van der Waals surface area contributed by atoms with Crippen LogP contribution in [0.2, 0.25) is 0 Å². The average molecular weight is 375 g/mol. The van der Waals surface area contributed by atoms with E-state index in [1.165, 1.54) is 0 Å². The molecule has 0 unspecified atom stereocenters. The minimum Gasteiger partial charge on any atom is -0.304 e. The van der Waals surface area contributed by atoms with E-state index in [0.717, 1.165) is 22.5 Å². The molecule has 0 N–H and O–H groups in total. The minimum atomic E-state index is -0.288. The topological polar surface area (TPSA) is 40.6 Å². The van der Waals surface area contributed by atoms with Gasteiger partial charge in [0, 0.05) is 30.9 Å². The zero-order chi connectivity index (χ0) is 18.4. The highest BCUT2D eigenvalue weighted by atomic mass is 32.1. The Balaban J connectivity index is 2.45. The smallest absolute Gasteiger partial charge is 0.282 e. The third-order valence-electron chi connectivity index (χ3n) is 4.04. The number of hydrogen-bond acceptors (Lipinski definition) is 2. The van der Waals surface area contributed by atoms with E-state index in [0.29, 0.717) is 19.5 Å². The van der Waals surface area contributed by atoms with Gasteiger partial charge in [0.05, 0.1) is 0 Å². The SMILES string of the molecule is CCN(C(=O)S)c1ccccc1Cc1ccccc1N(CC)C(=O)S. The summed E-state index contributed by atoms with van der Waals surface area (Å²) in [6.45, 7) is 4.91. The monoisotopic (exact) mass is 374 g/mol. The molecular formula is C19H22N2O2S2. The second-order valence-corrected chi connectivity index (χ2v) is 6.25. The fourth-order valence-corrected chi connectivity index (χ4v) is 3.37. The molecule has 2 amide bonds. The molecule has 0 fully saturated rings. The molecule has 6 heteroatoms. The number of hydrogen-bond donors (Lipinski definition) is 2. The van der Waals surface area contributed by atoms with Gasteiger partial charge in [0.1, 0.15) is 0 Å². The van der Waals surface area contributed by atoms with Gasteiger partial charge in [-0.3, -0.25) is 9.59 Å². The number of carbonyl (C=O) groups excluding carboxylic acids is 2. The Morgan fingerprint density at radius 2 is 1.12 bits per heavy atom. The van der Waals surface area contributed by atoms with E-state index >= 15 is 0 Å². The van der Waals surface area contributed by atoms with Crippen molar-refractivity contribution in [2.75, 3.05) is 22.9 Å². The number of para-hydroxylation sites is 2. The predicted molar refractivity (Wildman–Crippen MR) is 110 cm³/mol. The summed E-state index contributed by atoms with van der Waals surface area (Å²) in [6, 6.07) is 15.5. The van der Waals surface area contributed by atoms with E-state index in [2.05, 4.69) is 25.3 Å². The fourth-order valence-electron chi connectivity index (χ4n) is 2.87. The van der Waals surface area contributed by atoms with E-state index in [1.807, 2.05) is 62.4 Å². The van der Waals surface area contributed by atoms with Crippen molar-refractivity contribution in [2.45, 2.75) is 20.3 Å². The Bertz CT molecular complexity index is 701. The van der Waals surface area contributed by atoms with E-state index in [1.54, 1.807) is 9.80 Å². The predicted octanol–water partition coefficient (Wildman–Crippen LogP) is 5.03. The van der Waals surface area contributed by atoms with Crippen LogP contribution in [0, 0.1) is 0 Å². The third-order valence-corrected chi connectivity index (χ3v) is 4.52. The molecule has 0 bridgehead atoms. The van der Waals surface area contributed by atoms with Gasteiger partial charge in [-0.15, -0.1) is 0 Å². The third kappa shape index (κ3) is 4.58. The number of amides is 2. The molecule has 0 atom stereocenters. The van der Waals surface area contributed by atoms with Gasteiger partial charge in [0.2, 0.25) is 0 Å². The average Bonchev–Trinajstić information content (AvgIpc) is 2.58. The first kappa shape index (κ1) is 19.4. The van der Waals surface area contributed by atoms with E-state index in [4.69, 9.17) is 0 Å². The largest absolute Gasteiger partial charge is 0.304 e. The molecule has 2 aromatic rings. The fraction of sp³-hybridized carbons (Fsp3) is 0.263. The van der Waals surface area contributed by atoms with Crippen molar-refractivity contribution >= 4 is 47.1 Å². The van der Waals surface area contributed by atoms with Crippen molar-refractivity contribution in [3.05, 3.63) is 59.7 Å². The molecule has 0 heterocycles. The number of thiol groups is 2. The number of nitrogens with zero attached hydrogens (tertiary/aromatic N) is 2. The molecule has 0 saturated heterocycles. The van der Waals surface area contributed by atoms with Gasteiger partial charge in [-0.05, 0) is 37.1 Å². The molecule has 4 nitrogen and oxygen atoms in total. The van der Waals surface area contributed by atoms with Crippen LogP contribution >= 0.6 is 25.3 Å². The number of rotatable bonds is 6. The van der Waals surface area contributed by atoms with Crippen molar-refractivity contribution in [2.24, 2.45) is 0 Å². The Morgan fingerprint density at radius 3 is 1.44 bits per heavy atom. The van der Waals surface area contributed by atoms with E-state index in [9.17, 15) is 9.59 Å². The molecule has 0 aliphatic carbocycles. The second-order valence-electron chi connectivity index (χ2n) is 5.49. The zero-order valence-electron chi connectivity index (χ0n) is 14.3. The van der Waals surface area contributed by atoms with Crippen LogP contribution in [0.25, 0.3) is 0 Å². The molecule has 0 aliphatic rings. The molecule has 2 rings (SSSR count). The maximum atomic E-state index is 11.8. The number of anilines is 2. The van der Waals surface area contributed by atoms with Crippen LogP contribution in [-0.4, -0.2) is 23.6 Å². The molecular weight excluding hydrogens is 352 g/mol. The summed E-state index contributed by atoms with van der Waals surface area (Å²) in [5.41, 5.74) is 3.67. The first-order valence-electron chi connectivity index (χ1n) is 8.16. The Labute approximate surface area is 159 Å². The van der Waals surface area contributed by atoms with E-state index < -0.39 is 0 Å². The van der Waals surface area contributed by atoms with Gasteiger partial charge >= 0.3 is 0 Å². The quantitative estimate of drug-likeness (QED) is 0.696. The van der Waals surface area contributed by atoms with E-state index in [-0.39, 0.29) is 10.5 Å². The summed E-state index contributed by atoms with van der Waals surface area (Å²) in [7, 11) is 0. The second kappa shape index (κ2) is 8.97. The van der Waals surface area contributed by atoms with Crippen LogP contribution in [0.15, 0.2) is 48.5 Å². The summed E-state index contributed by atoms with van der Waals surface area (Å²) in [5, 5.41) is -0.576. The lowest BCUT2D eigenvalue weighted by Crippen LogP contribution is -2.27. The maximum absolute atomic E-state index is 11.8. The Hall–Kier alpha value is -1.92. The molecule has 0 aliphatic heterocycles. The molecule has 132 valence electrons. The maximum Gasteiger partial charge on any atom is 0.282 e. The lowest BCUT2D eigenvalue weighted by molar-refractivity contribution is 0.265. The molecule has 0 aromatic heterocycles. The first-order valence-corrected chi connectivity index (χ1v) is 9.05. The van der Waals surface area contributed by atoms with Gasteiger partial charge in [-0.1, -0.05) is 61.7 Å². The highest BCUT2D eigenvalue weighted by Crippen LogP contribution is 2.29. The lowest BCUT2D eigenvalue weighted by Gasteiger charge is -2.24. The van der Waals surface area contributed by atoms with Crippen LogP contribution in [0.3, 0.4) is 0 Å². The molecule has 0 saturated carbocycles. The zero-order valence-corrected chi connectivity index (χ0v) is 16.1. The standard InChI is InChI=1S/C19H22N2O2S2/c1-3-20(18(22)24)16-11-7-5-9-14(16)13-15-10-6-8-12-17(15)21(4-2)19(23)25/h5-12H,3-4,13H2,1-2H3,(H,22,24)(H,23,25). The van der Waals surface area contributed by atoms with Gasteiger partial charge in [-0.2, -0.15) is 0 Å². The summed E-state index contributed by atoms with van der Waals surface area (Å²) in [4.78, 5) is 26.9. The van der Waals surface area contributed by atoms with Crippen LogP contribution in [0.4, 0.5) is 21.0 Å². The van der Waals surface area contributed by atoms with Gasteiger partial charge in [-0.25, -0.2) is 0 Å². The number of benzene rings is 2. The van der Waals surface area contributed by atoms with Gasteiger partial charge < -0.3 is 9.80 Å². The van der Waals surface area contributed by atoms with Crippen molar-refractivity contribution in [1.29, 1.82) is 0 Å². The molecule has 0 radical (unpaired) electrons. The van der Waals surface area contributed by atoms with Crippen LogP contribution in [-0.2, 0) is 6.42 Å². The molecule has 0 spiro atoms. The summed E-state index contributed by atoms with van der Waals surface area (Å²) >= 11 is 7.95. The summed E-state index contributed by atoms with van der Waals surface area (Å²) in [5.74, 6) is 0. The van der Waals surface area contributed by atoms with Crippen LogP contribution < -0.4 is 9.80 Å². The first-order chi connectivity index (χ1) is 12.0. The Morgan fingerprint density at radius 1 is 0.760 bits per heavy atom. The van der Waals surface area contributed by atoms with Gasteiger partial charge in [0.15, 0.2) is 0 Å². The van der Waals surface area contributed by atoms with Crippen LogP contribution in [0.1, 0.15) is 25.0 Å². The highest BCUT2D eigenvalue weighted by Gasteiger charge is 2.17. The normalized spacial score (nSPS) is 10.4. The van der Waals surface area contributed by atoms with Gasteiger partial charge in [0.25, 0.3) is 10.5 Å². The number of carbonyl (C=O) groups is 2. The molecule has 25 heavy (non-hydrogen) atoms. The lowest BCUT2D eigenvalue weighted by atomic mass is 10.0. The molecule has 2 aromatic carbocycles. The minimum absolute atomic E-state index is 0.288. The van der Waals surface area contributed by atoms with Crippen molar-refractivity contribution < 1.29 is 9.59 Å². The summed E-state index contributed by atoms with van der Waals surface area (Å²) in [6.07, 6.45) is 0.599. The van der Waals surface area contributed by atoms with Crippen LogP contribution in [0.5, 0.6) is 0 Å². The Kier molecular flexibility index (Phi) is 6.96. The summed E-state index contributed by atoms with van der Waals surface area (Å²) < 4.78 is 0.